The number of ether oxygens (including phenoxy) is 1. The summed E-state index contributed by atoms with van der Waals surface area (Å²) >= 11 is 0. The van der Waals surface area contributed by atoms with E-state index in [1.165, 1.54) is 22.6 Å². The average Bonchev–Trinajstić information content (AvgIpc) is 2.70. The zero-order chi connectivity index (χ0) is 20.6. The minimum atomic E-state index is -3.66. The van der Waals surface area contributed by atoms with Crippen molar-refractivity contribution in [2.45, 2.75) is 31.1 Å². The Balaban J connectivity index is 1.93. The van der Waals surface area contributed by atoms with Crippen LogP contribution in [0.15, 0.2) is 35.1 Å². The third-order valence-corrected chi connectivity index (χ3v) is 6.47. The minimum absolute atomic E-state index is 0.00370. The first-order valence-electron chi connectivity index (χ1n) is 9.24. The van der Waals surface area contributed by atoms with Crippen LogP contribution in [0.3, 0.4) is 0 Å². The van der Waals surface area contributed by atoms with Gasteiger partial charge in [0.2, 0.25) is 21.8 Å². The number of nitrogens with two attached hydrogens (primary N) is 1. The van der Waals surface area contributed by atoms with Crippen molar-refractivity contribution in [3.63, 3.8) is 0 Å². The number of carbonyl (C=O) groups excluding carboxylic acids is 1. The van der Waals surface area contributed by atoms with Crippen LogP contribution in [0.4, 0.5) is 4.39 Å². The lowest BCUT2D eigenvalue weighted by Crippen LogP contribution is -2.39. The SMILES string of the molecule is CCNC(=O)CC1CCN(S(=O)(=O)c2ccc(OC/C(=C\F)CN)nc2)CC1. The van der Waals surface area contributed by atoms with E-state index in [0.717, 1.165) is 0 Å². The van der Waals surface area contributed by atoms with Gasteiger partial charge in [-0.2, -0.15) is 4.31 Å². The van der Waals surface area contributed by atoms with E-state index < -0.39 is 10.0 Å². The molecule has 1 amide bonds. The number of piperidine rings is 1. The highest BCUT2D eigenvalue weighted by molar-refractivity contribution is 7.89. The predicted octanol–water partition coefficient (Wildman–Crippen LogP) is 1.20. The minimum Gasteiger partial charge on any atom is -0.473 e. The Morgan fingerprint density at radius 2 is 2.14 bits per heavy atom. The second kappa shape index (κ2) is 10.5. The monoisotopic (exact) mass is 414 g/mol. The number of hydrogen-bond donors (Lipinski definition) is 2. The molecule has 0 aliphatic carbocycles. The second-order valence-electron chi connectivity index (χ2n) is 6.60. The summed E-state index contributed by atoms with van der Waals surface area (Å²) < 4.78 is 44.7. The Bertz CT molecular complexity index is 775. The molecule has 0 atom stereocenters. The Kier molecular flexibility index (Phi) is 8.34. The largest absolute Gasteiger partial charge is 0.473 e. The van der Waals surface area contributed by atoms with E-state index in [1.54, 1.807) is 0 Å². The number of sulfonamides is 1. The van der Waals surface area contributed by atoms with Crippen LogP contribution in [-0.2, 0) is 14.8 Å². The van der Waals surface area contributed by atoms with Crippen LogP contribution in [0, 0.1) is 5.92 Å². The van der Waals surface area contributed by atoms with Gasteiger partial charge in [0.1, 0.15) is 11.5 Å². The Hall–Kier alpha value is -2.04. The van der Waals surface area contributed by atoms with Gasteiger partial charge in [-0.25, -0.2) is 17.8 Å². The van der Waals surface area contributed by atoms with Crippen molar-refractivity contribution in [2.24, 2.45) is 11.7 Å². The van der Waals surface area contributed by atoms with Crippen LogP contribution in [0.25, 0.3) is 0 Å². The maximum Gasteiger partial charge on any atom is 0.244 e. The smallest absolute Gasteiger partial charge is 0.244 e. The van der Waals surface area contributed by atoms with Crippen molar-refractivity contribution < 1.29 is 22.3 Å². The maximum atomic E-state index is 12.8. The van der Waals surface area contributed by atoms with E-state index in [-0.39, 0.29) is 41.3 Å². The predicted molar refractivity (Wildman–Crippen MR) is 103 cm³/mol. The van der Waals surface area contributed by atoms with Crippen LogP contribution in [-0.4, -0.2) is 56.4 Å². The van der Waals surface area contributed by atoms with E-state index in [9.17, 15) is 17.6 Å². The molecule has 0 bridgehead atoms. The molecule has 0 spiro atoms. The fraction of sp³-hybridized carbons (Fsp3) is 0.556. The number of nitrogens with zero attached hydrogens (tertiary/aromatic N) is 2. The van der Waals surface area contributed by atoms with E-state index in [1.807, 2.05) is 6.92 Å². The van der Waals surface area contributed by atoms with Gasteiger partial charge in [-0.1, -0.05) is 0 Å². The molecule has 10 heteroatoms. The summed E-state index contributed by atoms with van der Waals surface area (Å²) in [6.45, 7) is 3.17. The first-order valence-corrected chi connectivity index (χ1v) is 10.7. The van der Waals surface area contributed by atoms with Gasteiger partial charge in [-0.15, -0.1) is 0 Å². The van der Waals surface area contributed by atoms with E-state index in [2.05, 4.69) is 10.3 Å². The van der Waals surface area contributed by atoms with Crippen molar-refractivity contribution in [3.8, 4) is 5.88 Å². The van der Waals surface area contributed by atoms with E-state index >= 15 is 0 Å². The summed E-state index contributed by atoms with van der Waals surface area (Å²) in [6.07, 6.45) is 3.32. The summed E-state index contributed by atoms with van der Waals surface area (Å²) in [5, 5.41) is 2.77. The highest BCUT2D eigenvalue weighted by Crippen LogP contribution is 2.26. The zero-order valence-corrected chi connectivity index (χ0v) is 16.8. The first-order chi connectivity index (χ1) is 13.4. The molecule has 1 saturated heterocycles. The molecule has 0 radical (unpaired) electrons. The summed E-state index contributed by atoms with van der Waals surface area (Å²) in [4.78, 5) is 15.7. The van der Waals surface area contributed by atoms with E-state index in [0.29, 0.717) is 45.2 Å². The molecule has 2 heterocycles. The second-order valence-corrected chi connectivity index (χ2v) is 8.54. The van der Waals surface area contributed by atoms with Crippen molar-refractivity contribution in [2.75, 3.05) is 32.8 Å². The van der Waals surface area contributed by atoms with Crippen LogP contribution in [0.2, 0.25) is 0 Å². The maximum absolute atomic E-state index is 12.8. The van der Waals surface area contributed by atoms with Crippen molar-refractivity contribution in [3.05, 3.63) is 30.2 Å². The fourth-order valence-corrected chi connectivity index (χ4v) is 4.36. The average molecular weight is 415 g/mol. The normalized spacial score (nSPS) is 16.8. The Morgan fingerprint density at radius 1 is 1.43 bits per heavy atom. The molecule has 0 aromatic carbocycles. The molecular formula is C18H27FN4O4S. The molecule has 1 aromatic heterocycles. The number of aromatic nitrogens is 1. The van der Waals surface area contributed by atoms with Crippen LogP contribution >= 0.6 is 0 Å². The molecule has 156 valence electrons. The summed E-state index contributed by atoms with van der Waals surface area (Å²) in [5.41, 5.74) is 5.62. The molecule has 28 heavy (non-hydrogen) atoms. The molecule has 8 nitrogen and oxygen atoms in total. The molecule has 3 N–H and O–H groups in total. The third kappa shape index (κ3) is 5.98. The van der Waals surface area contributed by atoms with Gasteiger partial charge < -0.3 is 15.8 Å². The number of carbonyl (C=O) groups is 1. The lowest BCUT2D eigenvalue weighted by atomic mass is 9.94. The zero-order valence-electron chi connectivity index (χ0n) is 15.9. The van der Waals surface area contributed by atoms with Gasteiger partial charge in [0.05, 0.1) is 12.5 Å². The summed E-state index contributed by atoms with van der Waals surface area (Å²) in [6, 6.07) is 2.85. The van der Waals surface area contributed by atoms with Crippen molar-refractivity contribution in [1.82, 2.24) is 14.6 Å². The molecule has 1 aliphatic rings. The van der Waals surface area contributed by atoms with Gasteiger partial charge in [-0.05, 0) is 31.7 Å². The number of hydrogen-bond acceptors (Lipinski definition) is 6. The Morgan fingerprint density at radius 3 is 2.68 bits per heavy atom. The number of pyridine rings is 1. The molecular weight excluding hydrogens is 387 g/mol. The quantitative estimate of drug-likeness (QED) is 0.627. The Labute approximate surface area is 165 Å². The van der Waals surface area contributed by atoms with E-state index in [4.69, 9.17) is 10.5 Å². The molecule has 1 aliphatic heterocycles. The molecule has 2 rings (SSSR count). The molecule has 1 fully saturated rings. The van der Waals surface area contributed by atoms with Crippen molar-refractivity contribution >= 4 is 15.9 Å². The standard InChI is InChI=1S/C18H27FN4O4S/c1-2-21-17(24)9-14-5-7-23(8-6-14)28(25,26)16-3-4-18(22-12-16)27-13-15(10-19)11-20/h3-4,10,12,14H,2,5-9,11,13,20H2,1H3,(H,21,24)/b15-10-. The van der Waals surface area contributed by atoms with Gasteiger partial charge in [0, 0.05) is 44.2 Å². The van der Waals surface area contributed by atoms with Gasteiger partial charge in [-0.3, -0.25) is 4.79 Å². The van der Waals surface area contributed by atoms with Crippen LogP contribution < -0.4 is 15.8 Å². The topological polar surface area (TPSA) is 115 Å². The highest BCUT2D eigenvalue weighted by Gasteiger charge is 2.30. The lowest BCUT2D eigenvalue weighted by Gasteiger charge is -2.30. The number of amides is 1. The number of nitrogens with one attached hydrogen (secondary N) is 1. The van der Waals surface area contributed by atoms with Gasteiger partial charge in [0.15, 0.2) is 0 Å². The van der Waals surface area contributed by atoms with Gasteiger partial charge >= 0.3 is 0 Å². The summed E-state index contributed by atoms with van der Waals surface area (Å²) in [5.74, 6) is 0.378. The number of rotatable bonds is 9. The van der Waals surface area contributed by atoms with Crippen LogP contribution in [0.1, 0.15) is 26.2 Å². The molecule has 0 saturated carbocycles. The van der Waals surface area contributed by atoms with Crippen LogP contribution in [0.5, 0.6) is 5.88 Å². The fourth-order valence-electron chi connectivity index (χ4n) is 2.94. The van der Waals surface area contributed by atoms with Crippen molar-refractivity contribution in [1.29, 1.82) is 0 Å². The number of halogens is 1. The third-order valence-electron chi connectivity index (χ3n) is 4.59. The first kappa shape index (κ1) is 22.3. The van der Waals surface area contributed by atoms with Gasteiger partial charge in [0.25, 0.3) is 0 Å². The lowest BCUT2D eigenvalue weighted by molar-refractivity contribution is -0.122. The molecule has 0 unspecified atom stereocenters. The highest BCUT2D eigenvalue weighted by atomic mass is 32.2. The summed E-state index contributed by atoms with van der Waals surface area (Å²) in [7, 11) is -3.66. The molecule has 1 aromatic rings.